The average Bonchev–Trinajstić information content (AvgIpc) is 3.02. The Kier molecular flexibility index (Phi) is 6.47. The van der Waals surface area contributed by atoms with Crippen LogP contribution in [0.15, 0.2) is 54.6 Å². The van der Waals surface area contributed by atoms with Crippen molar-refractivity contribution < 1.29 is 9.47 Å². The van der Waals surface area contributed by atoms with Gasteiger partial charge in [-0.2, -0.15) is 0 Å². The van der Waals surface area contributed by atoms with Gasteiger partial charge in [-0.05, 0) is 62.3 Å². The Morgan fingerprint density at radius 1 is 0.903 bits per heavy atom. The molecule has 166 valence electrons. The fourth-order valence-electron chi connectivity index (χ4n) is 5.97. The van der Waals surface area contributed by atoms with Crippen LogP contribution in [0.4, 0.5) is 0 Å². The second-order valence-corrected chi connectivity index (χ2v) is 9.64. The van der Waals surface area contributed by atoms with Gasteiger partial charge in [0.1, 0.15) is 12.7 Å². The van der Waals surface area contributed by atoms with Crippen molar-refractivity contribution in [1.29, 1.82) is 0 Å². The normalized spacial score (nSPS) is 27.5. The van der Waals surface area contributed by atoms with Crippen LogP contribution in [-0.2, 0) is 6.54 Å². The first kappa shape index (κ1) is 20.8. The highest BCUT2D eigenvalue weighted by atomic mass is 16.6. The van der Waals surface area contributed by atoms with E-state index in [2.05, 4.69) is 47.1 Å². The van der Waals surface area contributed by atoms with E-state index in [1.807, 2.05) is 24.3 Å². The van der Waals surface area contributed by atoms with E-state index in [9.17, 15) is 0 Å². The molecule has 4 atom stereocenters. The van der Waals surface area contributed by atoms with E-state index in [-0.39, 0.29) is 6.10 Å². The zero-order valence-corrected chi connectivity index (χ0v) is 18.8. The Hall–Kier alpha value is -2.04. The number of piperidine rings is 1. The van der Waals surface area contributed by atoms with Gasteiger partial charge < -0.3 is 9.47 Å². The van der Waals surface area contributed by atoms with E-state index in [0.717, 1.165) is 49.1 Å². The standard InChI is InChI=1S/C27H36N2O2/c1-2-14-28(19-25-20-30-26-10-6-7-11-27(26)31-25)17-22-15-23-12-13-24(16-22)29(23)18-21-8-4-3-5-9-21/h3-11,22-25H,2,12-20H2,1H3/t22?,23-,24+,25?. The molecular weight excluding hydrogens is 384 g/mol. The van der Waals surface area contributed by atoms with Crippen LogP contribution in [0, 0.1) is 5.92 Å². The SMILES string of the molecule is CCCN(CC1C[C@H]2CC[C@@H](C1)N2Cc1ccccc1)CC1COc2ccccc2O1. The van der Waals surface area contributed by atoms with Gasteiger partial charge in [0.15, 0.2) is 11.5 Å². The molecule has 31 heavy (non-hydrogen) atoms. The van der Waals surface area contributed by atoms with Crippen LogP contribution in [0.5, 0.6) is 11.5 Å². The van der Waals surface area contributed by atoms with E-state index < -0.39 is 0 Å². The number of rotatable bonds is 8. The number of ether oxygens (including phenoxy) is 2. The number of hydrogen-bond donors (Lipinski definition) is 0. The highest BCUT2D eigenvalue weighted by Gasteiger charge is 2.41. The van der Waals surface area contributed by atoms with E-state index in [1.54, 1.807) is 0 Å². The summed E-state index contributed by atoms with van der Waals surface area (Å²) < 4.78 is 12.2. The molecule has 4 nitrogen and oxygen atoms in total. The number of para-hydroxylation sites is 2. The van der Waals surface area contributed by atoms with Crippen molar-refractivity contribution in [2.45, 2.75) is 63.8 Å². The summed E-state index contributed by atoms with van der Waals surface area (Å²) >= 11 is 0. The zero-order valence-electron chi connectivity index (χ0n) is 18.8. The monoisotopic (exact) mass is 420 g/mol. The summed E-state index contributed by atoms with van der Waals surface area (Å²) in [5.41, 5.74) is 1.46. The number of hydrogen-bond acceptors (Lipinski definition) is 4. The Balaban J connectivity index is 1.17. The Morgan fingerprint density at radius 3 is 2.35 bits per heavy atom. The fraction of sp³-hybridized carbons (Fsp3) is 0.556. The molecule has 0 N–H and O–H groups in total. The summed E-state index contributed by atoms with van der Waals surface area (Å²) in [6.45, 7) is 7.35. The van der Waals surface area contributed by atoms with Gasteiger partial charge in [-0.25, -0.2) is 0 Å². The molecule has 0 aliphatic carbocycles. The Bertz CT molecular complexity index is 828. The minimum atomic E-state index is 0.122. The van der Waals surface area contributed by atoms with Crippen LogP contribution >= 0.6 is 0 Å². The lowest BCUT2D eigenvalue weighted by Gasteiger charge is -2.41. The summed E-state index contributed by atoms with van der Waals surface area (Å²) in [4.78, 5) is 5.43. The number of benzene rings is 2. The van der Waals surface area contributed by atoms with Crippen LogP contribution in [0.3, 0.4) is 0 Å². The summed E-state index contributed by atoms with van der Waals surface area (Å²) in [6.07, 6.45) is 6.74. The molecular formula is C27H36N2O2. The highest BCUT2D eigenvalue weighted by Crippen LogP contribution is 2.40. The molecule has 0 amide bonds. The van der Waals surface area contributed by atoms with Crippen LogP contribution in [0.25, 0.3) is 0 Å². The highest BCUT2D eigenvalue weighted by molar-refractivity contribution is 5.40. The smallest absolute Gasteiger partial charge is 0.161 e. The van der Waals surface area contributed by atoms with E-state index in [4.69, 9.17) is 9.47 Å². The van der Waals surface area contributed by atoms with E-state index >= 15 is 0 Å². The second-order valence-electron chi connectivity index (χ2n) is 9.64. The lowest BCUT2D eigenvalue weighted by molar-refractivity contribution is 0.0387. The zero-order chi connectivity index (χ0) is 21.0. The molecule has 2 aromatic carbocycles. The van der Waals surface area contributed by atoms with Crippen molar-refractivity contribution in [3.63, 3.8) is 0 Å². The van der Waals surface area contributed by atoms with Crippen LogP contribution in [0.1, 0.15) is 44.6 Å². The van der Waals surface area contributed by atoms with Crippen molar-refractivity contribution in [2.24, 2.45) is 5.92 Å². The van der Waals surface area contributed by atoms with Crippen LogP contribution in [-0.4, -0.2) is 54.2 Å². The van der Waals surface area contributed by atoms with Gasteiger partial charge in [0.25, 0.3) is 0 Å². The van der Waals surface area contributed by atoms with Gasteiger partial charge in [0.05, 0.1) is 0 Å². The molecule has 5 rings (SSSR count). The number of nitrogens with zero attached hydrogens (tertiary/aromatic N) is 2. The minimum Gasteiger partial charge on any atom is -0.486 e. The maximum absolute atomic E-state index is 6.26. The number of fused-ring (bicyclic) bond motifs is 3. The molecule has 2 saturated heterocycles. The second kappa shape index (κ2) is 9.62. The lowest BCUT2D eigenvalue weighted by Crippen LogP contribution is -2.47. The van der Waals surface area contributed by atoms with Crippen molar-refractivity contribution in [2.75, 3.05) is 26.2 Å². The summed E-state index contributed by atoms with van der Waals surface area (Å²) in [5, 5.41) is 0. The Morgan fingerprint density at radius 2 is 1.61 bits per heavy atom. The first-order chi connectivity index (χ1) is 15.3. The van der Waals surface area contributed by atoms with Gasteiger partial charge in [-0.1, -0.05) is 49.4 Å². The third-order valence-corrected chi connectivity index (χ3v) is 7.28. The molecule has 3 aliphatic heterocycles. The van der Waals surface area contributed by atoms with E-state index in [0.29, 0.717) is 6.61 Å². The van der Waals surface area contributed by atoms with E-state index in [1.165, 1.54) is 44.2 Å². The van der Waals surface area contributed by atoms with Crippen molar-refractivity contribution >= 4 is 0 Å². The van der Waals surface area contributed by atoms with Crippen molar-refractivity contribution in [1.82, 2.24) is 9.80 Å². The first-order valence-electron chi connectivity index (χ1n) is 12.2. The van der Waals surface area contributed by atoms with Gasteiger partial charge >= 0.3 is 0 Å². The topological polar surface area (TPSA) is 24.9 Å². The molecule has 0 saturated carbocycles. The largest absolute Gasteiger partial charge is 0.486 e. The third kappa shape index (κ3) is 4.91. The van der Waals surface area contributed by atoms with Gasteiger partial charge in [-0.3, -0.25) is 9.80 Å². The quantitative estimate of drug-likeness (QED) is 0.601. The fourth-order valence-corrected chi connectivity index (χ4v) is 5.97. The van der Waals surface area contributed by atoms with Gasteiger partial charge in [0.2, 0.25) is 0 Å². The molecule has 3 aliphatic rings. The molecule has 0 aromatic heterocycles. The molecule has 3 heterocycles. The van der Waals surface area contributed by atoms with Crippen molar-refractivity contribution in [3.05, 3.63) is 60.2 Å². The maximum Gasteiger partial charge on any atom is 0.161 e. The molecule has 0 spiro atoms. The maximum atomic E-state index is 6.26. The summed E-state index contributed by atoms with van der Waals surface area (Å²) in [5.74, 6) is 2.57. The molecule has 2 aromatic rings. The molecule has 2 unspecified atom stereocenters. The third-order valence-electron chi connectivity index (χ3n) is 7.28. The predicted molar refractivity (Wildman–Crippen MR) is 125 cm³/mol. The van der Waals surface area contributed by atoms with Crippen LogP contribution < -0.4 is 9.47 Å². The van der Waals surface area contributed by atoms with Crippen LogP contribution in [0.2, 0.25) is 0 Å². The predicted octanol–water partition coefficient (Wildman–Crippen LogP) is 4.98. The molecule has 2 fully saturated rings. The Labute approximate surface area is 187 Å². The lowest BCUT2D eigenvalue weighted by atomic mass is 9.89. The summed E-state index contributed by atoms with van der Waals surface area (Å²) in [6, 6.07) is 20.6. The van der Waals surface area contributed by atoms with Gasteiger partial charge in [-0.15, -0.1) is 0 Å². The first-order valence-corrected chi connectivity index (χ1v) is 12.2. The molecule has 0 radical (unpaired) electrons. The molecule has 2 bridgehead atoms. The minimum absolute atomic E-state index is 0.122. The summed E-state index contributed by atoms with van der Waals surface area (Å²) in [7, 11) is 0. The average molecular weight is 421 g/mol. The van der Waals surface area contributed by atoms with Gasteiger partial charge in [0, 0.05) is 31.7 Å². The molecule has 4 heteroatoms. The van der Waals surface area contributed by atoms with Crippen molar-refractivity contribution in [3.8, 4) is 11.5 Å².